The minimum absolute atomic E-state index is 0.288. The van der Waals surface area contributed by atoms with Gasteiger partial charge in [0.25, 0.3) is 0 Å². The molecular weight excluding hydrogens is 364 g/mol. The average molecular weight is 405 g/mol. The first kappa shape index (κ1) is 23.5. The largest absolute Gasteiger partial charge is 0.381 e. The van der Waals surface area contributed by atoms with Crippen LogP contribution < -0.4 is 16.0 Å². The number of anilines is 1. The number of nitrogens with one attached hydrogen (secondary N) is 3. The molecule has 164 valence electrons. The number of rotatable bonds is 12. The number of para-hydroxylation sites is 1. The van der Waals surface area contributed by atoms with Gasteiger partial charge >= 0.3 is 0 Å². The van der Waals surface area contributed by atoms with Crippen molar-refractivity contribution in [1.29, 1.82) is 0 Å². The Hall–Kier alpha value is -1.79. The van der Waals surface area contributed by atoms with Crippen molar-refractivity contribution in [3.05, 3.63) is 30.3 Å². The SMILES string of the molecule is CCNC(=NCC(Nc1ccccc1)C(C)C)NCCCOCC1CCOCC1. The van der Waals surface area contributed by atoms with Crippen molar-refractivity contribution in [3.63, 3.8) is 0 Å². The zero-order valence-electron chi connectivity index (χ0n) is 18.5. The molecule has 1 saturated heterocycles. The van der Waals surface area contributed by atoms with Gasteiger partial charge in [0.05, 0.1) is 6.54 Å². The maximum Gasteiger partial charge on any atom is 0.191 e. The molecule has 6 heteroatoms. The van der Waals surface area contributed by atoms with Crippen LogP contribution in [0.1, 0.15) is 40.0 Å². The third-order valence-corrected chi connectivity index (χ3v) is 5.17. The lowest BCUT2D eigenvalue weighted by Crippen LogP contribution is -2.39. The van der Waals surface area contributed by atoms with Gasteiger partial charge in [-0.05, 0) is 50.2 Å². The molecular formula is C23H40N4O2. The van der Waals surface area contributed by atoms with Crippen LogP contribution in [0.25, 0.3) is 0 Å². The van der Waals surface area contributed by atoms with Gasteiger partial charge in [0.15, 0.2) is 5.96 Å². The van der Waals surface area contributed by atoms with E-state index in [0.717, 1.165) is 77.0 Å². The van der Waals surface area contributed by atoms with E-state index < -0.39 is 0 Å². The summed E-state index contributed by atoms with van der Waals surface area (Å²) in [7, 11) is 0. The topological polar surface area (TPSA) is 66.9 Å². The number of hydrogen-bond donors (Lipinski definition) is 3. The van der Waals surface area contributed by atoms with Crippen LogP contribution >= 0.6 is 0 Å². The van der Waals surface area contributed by atoms with Crippen molar-refractivity contribution in [2.75, 3.05) is 51.4 Å². The molecule has 1 aromatic rings. The zero-order chi connectivity index (χ0) is 20.7. The van der Waals surface area contributed by atoms with Crippen LogP contribution in [0, 0.1) is 11.8 Å². The maximum absolute atomic E-state index is 5.85. The molecule has 0 spiro atoms. The molecule has 1 fully saturated rings. The fraction of sp³-hybridized carbons (Fsp3) is 0.696. The summed E-state index contributed by atoms with van der Waals surface area (Å²) >= 11 is 0. The predicted octanol–water partition coefficient (Wildman–Crippen LogP) is 3.51. The summed E-state index contributed by atoms with van der Waals surface area (Å²) in [6.45, 7) is 12.4. The van der Waals surface area contributed by atoms with Crippen molar-refractivity contribution in [2.45, 2.75) is 46.1 Å². The first-order valence-electron chi connectivity index (χ1n) is 11.2. The summed E-state index contributed by atoms with van der Waals surface area (Å²) in [6.07, 6.45) is 3.23. The Bertz CT molecular complexity index is 559. The molecule has 0 amide bonds. The molecule has 3 N–H and O–H groups in total. The summed E-state index contributed by atoms with van der Waals surface area (Å²) in [4.78, 5) is 4.80. The Kier molecular flexibility index (Phi) is 11.5. The second-order valence-corrected chi connectivity index (χ2v) is 7.99. The summed E-state index contributed by atoms with van der Waals surface area (Å²) in [5.41, 5.74) is 1.14. The number of hydrogen-bond acceptors (Lipinski definition) is 4. The van der Waals surface area contributed by atoms with Crippen LogP contribution in [0.5, 0.6) is 0 Å². The van der Waals surface area contributed by atoms with Crippen LogP contribution in [0.2, 0.25) is 0 Å². The minimum atomic E-state index is 0.288. The molecule has 1 aromatic carbocycles. The lowest BCUT2D eigenvalue weighted by atomic mass is 10.0. The van der Waals surface area contributed by atoms with Gasteiger partial charge in [0.1, 0.15) is 0 Å². The van der Waals surface area contributed by atoms with Gasteiger partial charge in [-0.25, -0.2) is 0 Å². The van der Waals surface area contributed by atoms with Crippen molar-refractivity contribution >= 4 is 11.6 Å². The first-order valence-corrected chi connectivity index (χ1v) is 11.2. The molecule has 0 saturated carbocycles. The summed E-state index contributed by atoms with van der Waals surface area (Å²) in [5.74, 6) is 2.03. The molecule has 6 nitrogen and oxygen atoms in total. The van der Waals surface area contributed by atoms with E-state index >= 15 is 0 Å². The van der Waals surface area contributed by atoms with Crippen molar-refractivity contribution < 1.29 is 9.47 Å². The number of ether oxygens (including phenoxy) is 2. The van der Waals surface area contributed by atoms with Crippen LogP contribution in [-0.4, -0.2) is 58.1 Å². The zero-order valence-corrected chi connectivity index (χ0v) is 18.5. The van der Waals surface area contributed by atoms with Crippen molar-refractivity contribution in [1.82, 2.24) is 10.6 Å². The molecule has 1 unspecified atom stereocenters. The van der Waals surface area contributed by atoms with Gasteiger partial charge in [0.2, 0.25) is 0 Å². The van der Waals surface area contributed by atoms with E-state index in [9.17, 15) is 0 Å². The predicted molar refractivity (Wildman–Crippen MR) is 122 cm³/mol. The van der Waals surface area contributed by atoms with E-state index in [-0.39, 0.29) is 6.04 Å². The Morgan fingerprint density at radius 2 is 1.93 bits per heavy atom. The normalized spacial score (nSPS) is 16.6. The lowest BCUT2D eigenvalue weighted by molar-refractivity contribution is 0.0203. The Morgan fingerprint density at radius 3 is 2.62 bits per heavy atom. The standard InChI is InChI=1S/C23H40N4O2/c1-4-24-23(25-13-8-14-29-18-20-11-15-28-16-12-20)26-17-22(19(2)3)27-21-9-6-5-7-10-21/h5-7,9-10,19-20,22,27H,4,8,11-18H2,1-3H3,(H2,24,25,26). The third-order valence-electron chi connectivity index (χ3n) is 5.17. The van der Waals surface area contributed by atoms with E-state index in [1.165, 1.54) is 0 Å². The molecule has 2 rings (SSSR count). The van der Waals surface area contributed by atoms with Crippen LogP contribution in [0.15, 0.2) is 35.3 Å². The molecule has 1 atom stereocenters. The quantitative estimate of drug-likeness (QED) is 0.283. The van der Waals surface area contributed by atoms with Gasteiger partial charge in [-0.2, -0.15) is 0 Å². The number of nitrogens with zero attached hydrogens (tertiary/aromatic N) is 1. The Labute approximate surface area is 176 Å². The molecule has 0 bridgehead atoms. The first-order chi connectivity index (χ1) is 14.2. The molecule has 1 heterocycles. The molecule has 0 aliphatic carbocycles. The van der Waals surface area contributed by atoms with Crippen LogP contribution in [0.3, 0.4) is 0 Å². The molecule has 0 radical (unpaired) electrons. The van der Waals surface area contributed by atoms with Gasteiger partial charge in [0, 0.05) is 51.2 Å². The highest BCUT2D eigenvalue weighted by Gasteiger charge is 2.14. The highest BCUT2D eigenvalue weighted by molar-refractivity contribution is 5.79. The highest BCUT2D eigenvalue weighted by atomic mass is 16.5. The summed E-state index contributed by atoms with van der Waals surface area (Å²) in [5, 5.41) is 10.4. The van der Waals surface area contributed by atoms with Gasteiger partial charge < -0.3 is 25.4 Å². The lowest BCUT2D eigenvalue weighted by Gasteiger charge is -2.23. The van der Waals surface area contributed by atoms with Gasteiger partial charge in [-0.3, -0.25) is 4.99 Å². The van der Waals surface area contributed by atoms with E-state index in [0.29, 0.717) is 11.8 Å². The van der Waals surface area contributed by atoms with Crippen LogP contribution in [0.4, 0.5) is 5.69 Å². The third kappa shape index (κ3) is 9.99. The Balaban J connectivity index is 1.69. The second-order valence-electron chi connectivity index (χ2n) is 7.99. The molecule has 1 aliphatic rings. The Morgan fingerprint density at radius 1 is 1.17 bits per heavy atom. The van der Waals surface area contributed by atoms with Crippen molar-refractivity contribution in [2.24, 2.45) is 16.8 Å². The molecule has 0 aromatic heterocycles. The second kappa shape index (κ2) is 14.2. The minimum Gasteiger partial charge on any atom is -0.381 e. The van der Waals surface area contributed by atoms with Gasteiger partial charge in [-0.1, -0.05) is 32.0 Å². The van der Waals surface area contributed by atoms with E-state index in [1.807, 2.05) is 6.07 Å². The fourth-order valence-corrected chi connectivity index (χ4v) is 3.25. The average Bonchev–Trinajstić information content (AvgIpc) is 2.74. The monoisotopic (exact) mass is 404 g/mol. The molecule has 1 aliphatic heterocycles. The van der Waals surface area contributed by atoms with Crippen LogP contribution in [-0.2, 0) is 9.47 Å². The van der Waals surface area contributed by atoms with E-state index in [4.69, 9.17) is 14.5 Å². The molecule has 29 heavy (non-hydrogen) atoms. The number of benzene rings is 1. The summed E-state index contributed by atoms with van der Waals surface area (Å²) in [6, 6.07) is 10.6. The fourth-order valence-electron chi connectivity index (χ4n) is 3.25. The number of guanidine groups is 1. The highest BCUT2D eigenvalue weighted by Crippen LogP contribution is 2.15. The smallest absolute Gasteiger partial charge is 0.191 e. The van der Waals surface area contributed by atoms with E-state index in [1.54, 1.807) is 0 Å². The maximum atomic E-state index is 5.85. The van der Waals surface area contributed by atoms with Gasteiger partial charge in [-0.15, -0.1) is 0 Å². The van der Waals surface area contributed by atoms with E-state index in [2.05, 4.69) is 61.0 Å². The van der Waals surface area contributed by atoms with Crippen molar-refractivity contribution in [3.8, 4) is 0 Å². The number of aliphatic imine (C=N–C) groups is 1. The summed E-state index contributed by atoms with van der Waals surface area (Å²) < 4.78 is 11.2.